The number of fused-ring (bicyclic) bond motifs is 2. The van der Waals surface area contributed by atoms with Gasteiger partial charge in [0.1, 0.15) is 24.1 Å². The normalized spacial score (nSPS) is 31.6. The average Bonchev–Trinajstić information content (AvgIpc) is 0.819. The maximum Gasteiger partial charge on any atom is 0.335 e. The number of methoxy groups -OCH3 is 2. The molecule has 10 unspecified atom stereocenters. The number of aliphatic carboxylic acids is 1. The minimum absolute atomic E-state index is 0.0249. The van der Waals surface area contributed by atoms with Crippen molar-refractivity contribution in [1.29, 1.82) is 0 Å². The Morgan fingerprint density at radius 2 is 1.36 bits per heavy atom. The molecule has 25 atom stereocenters. The molecule has 0 radical (unpaired) electrons. The van der Waals surface area contributed by atoms with E-state index in [1.165, 1.54) is 43.4 Å². The topological polar surface area (TPSA) is 398 Å². The molecule has 2 rings (SSSR count). The summed E-state index contributed by atoms with van der Waals surface area (Å²) in [5.74, 6) is -9.96. The van der Waals surface area contributed by atoms with E-state index in [0.717, 1.165) is 6.08 Å². The van der Waals surface area contributed by atoms with Gasteiger partial charge in [0.2, 0.25) is 17.7 Å². The summed E-state index contributed by atoms with van der Waals surface area (Å²) in [5, 5.41) is 130. The number of carboxylic acid groups (broad SMARTS) is 1. The van der Waals surface area contributed by atoms with Gasteiger partial charge in [0.25, 0.3) is 0 Å². The Bertz CT molecular complexity index is 2860. The first-order valence-corrected chi connectivity index (χ1v) is 35.6. The highest BCUT2D eigenvalue weighted by molar-refractivity contribution is 5.94. The molecule has 2 bridgehead atoms. The first-order chi connectivity index (χ1) is 47.1. The predicted octanol–water partition coefficient (Wildman–Crippen LogP) is 5.75. The number of amides is 3. The Hall–Kier alpha value is -5.84. The fourth-order valence-corrected chi connectivity index (χ4v) is 12.7. The first-order valence-electron chi connectivity index (χ1n) is 35.6. The number of carbonyl (C=O) groups excluding carboxylic acids is 5. The number of carbonyl (C=O) groups is 6. The van der Waals surface area contributed by atoms with Crippen LogP contribution >= 0.6 is 0 Å². The van der Waals surface area contributed by atoms with Crippen LogP contribution < -0.4 is 16.0 Å². The summed E-state index contributed by atoms with van der Waals surface area (Å²) in [6.07, 6.45) is 8.52. The van der Waals surface area contributed by atoms with Crippen LogP contribution in [0.2, 0.25) is 0 Å². The summed E-state index contributed by atoms with van der Waals surface area (Å²) >= 11 is 0. The number of carboxylic acids is 1. The van der Waals surface area contributed by atoms with Gasteiger partial charge in [-0.3, -0.25) is 19.2 Å². The number of hydrogen-bond donors (Lipinski definition) is 14. The van der Waals surface area contributed by atoms with Crippen LogP contribution in [-0.2, 0) is 47.7 Å². The molecule has 2 heterocycles. The standard InChI is InChI=1S/C77H125N3O21/c1-42(2)66(88)52(13)74(94)77(15,16)35-34-61(86)78-64(67(89)43(3)4)70(92)49(10)38-47(8)68(90)45(6)33-32-44(5)36-62(87)80-63(53(14)81)59-40-54(82)28-27-29-56(83)46(7)37-48(9)69(91)51(12)57(84)41-55-39-50(11)72(99-18)73(100-55)58(98-17)30-25-23-21-19-20-22-24-26-31-60(85)79-65(76(97)101-59)71(93)75(95)96/h19-27,29-31,34-35,37-38,42-46,49-59,63-73,81-84,88-93H,28,32-33,36,39-41H2,1-18H3,(H,78,86)(H,79,85)(H,80,87)(H,95,96)/b20-19-,23-21-,24-22-,29-27-,30-25-,31-26-,35-34+,47-38+,48-37-/t44?,45?,46-,49?,50-,51-,52-,53?,54?,55-,56+,57+,58+,59?,63?,64+,65?,66-,67-,68?,69-,70+,71?,72-,73+/m0/s1. The van der Waals surface area contributed by atoms with Gasteiger partial charge in [0.15, 0.2) is 12.1 Å². The van der Waals surface area contributed by atoms with E-state index in [-0.39, 0.29) is 48.9 Å². The van der Waals surface area contributed by atoms with E-state index >= 15 is 0 Å². The minimum Gasteiger partial charge on any atom is -0.479 e. The van der Waals surface area contributed by atoms with Gasteiger partial charge < -0.3 is 91.1 Å². The molecule has 0 aromatic heterocycles. The lowest BCUT2D eigenvalue weighted by atomic mass is 9.77. The number of aliphatic hydroxyl groups is 10. The fourth-order valence-electron chi connectivity index (χ4n) is 12.7. The Labute approximate surface area is 599 Å². The second-order valence-corrected chi connectivity index (χ2v) is 29.5. The zero-order valence-electron chi connectivity index (χ0n) is 62.8. The highest BCUT2D eigenvalue weighted by atomic mass is 16.6. The van der Waals surface area contributed by atoms with Crippen LogP contribution in [0.3, 0.4) is 0 Å². The number of allylic oxidation sites excluding steroid dienone is 9. The Kier molecular flexibility index (Phi) is 40.4. The highest BCUT2D eigenvalue weighted by Gasteiger charge is 2.44. The van der Waals surface area contributed by atoms with E-state index in [1.54, 1.807) is 160 Å². The number of ether oxygens (including phenoxy) is 4. The third-order valence-corrected chi connectivity index (χ3v) is 19.4. The van der Waals surface area contributed by atoms with E-state index in [9.17, 15) is 84.9 Å². The zero-order chi connectivity index (χ0) is 76.9. The number of ketones is 1. The van der Waals surface area contributed by atoms with Crippen LogP contribution in [0.25, 0.3) is 0 Å². The molecule has 0 spiro atoms. The molecule has 0 saturated carbocycles. The summed E-state index contributed by atoms with van der Waals surface area (Å²) < 4.78 is 24.0. The van der Waals surface area contributed by atoms with Gasteiger partial charge in [-0.1, -0.05) is 161 Å². The van der Waals surface area contributed by atoms with Crippen LogP contribution in [0, 0.1) is 58.7 Å². The van der Waals surface area contributed by atoms with Crippen molar-refractivity contribution in [2.75, 3.05) is 14.2 Å². The van der Waals surface area contributed by atoms with E-state index in [2.05, 4.69) is 16.0 Å². The molecule has 3 amide bonds. The molecule has 2 aliphatic rings. The number of cyclic esters (lactones) is 1. The van der Waals surface area contributed by atoms with Crippen LogP contribution in [0.15, 0.2) is 108 Å². The maximum absolute atomic E-state index is 14.1. The number of nitrogens with one attached hydrogen (secondary N) is 3. The molecule has 0 aromatic carbocycles. The molecule has 1 saturated heterocycles. The van der Waals surface area contributed by atoms with Crippen molar-refractivity contribution in [3.63, 3.8) is 0 Å². The van der Waals surface area contributed by atoms with Crippen molar-refractivity contribution in [2.24, 2.45) is 58.7 Å². The Balaban J connectivity index is 2.45. The molecule has 2 aliphatic heterocycles. The zero-order valence-corrected chi connectivity index (χ0v) is 62.8. The summed E-state index contributed by atoms with van der Waals surface area (Å²) in [5.41, 5.74) is -0.159. The molecule has 101 heavy (non-hydrogen) atoms. The fraction of sp³-hybridized carbons (Fsp3) is 0.688. The molecule has 14 N–H and O–H groups in total. The highest BCUT2D eigenvalue weighted by Crippen LogP contribution is 2.35. The number of rotatable bonds is 26. The maximum atomic E-state index is 14.1. The van der Waals surface area contributed by atoms with Gasteiger partial charge in [-0.15, -0.1) is 0 Å². The largest absolute Gasteiger partial charge is 0.479 e. The van der Waals surface area contributed by atoms with Gasteiger partial charge in [-0.2, -0.15) is 0 Å². The van der Waals surface area contributed by atoms with Gasteiger partial charge in [0.05, 0.1) is 79.2 Å². The predicted molar refractivity (Wildman–Crippen MR) is 386 cm³/mol. The summed E-state index contributed by atoms with van der Waals surface area (Å²) in [7, 11) is 3.16. The lowest BCUT2D eigenvalue weighted by molar-refractivity contribution is -0.191. The van der Waals surface area contributed by atoms with Crippen molar-refractivity contribution in [3.8, 4) is 0 Å². The SMILES string of the molecule is CO[C@@H]1[C@@H]2O[C@H](C[C@@H](O)[C@H](C)[C@@H](O)/C(C)=C\[C@H](C)[C@H](O)/C=C\CC(O)CC(C(NC(=O)CC(C)CCC(C)C(O)/C(C)=C/C(C)[C@@H](O)[C@H](NC(=O)/C=C/C(C)(C)C(=O)[C@@H](C)[C@@H](O)C(C)C)[C@@H](O)C(C)C)C(C)O)OC(=O)C(C(O)C(=O)O)NC(=O)\C=C/C=C\C=C/C=C\C=C/[C@H]2OC)C[C@@H]1C. The number of hydrogen-bond acceptors (Lipinski definition) is 20. The van der Waals surface area contributed by atoms with Gasteiger partial charge in [0, 0.05) is 62.2 Å². The van der Waals surface area contributed by atoms with Crippen LogP contribution in [0.5, 0.6) is 0 Å². The quantitative estimate of drug-likeness (QED) is 0.0278. The summed E-state index contributed by atoms with van der Waals surface area (Å²) in [6, 6.07) is -4.91. The molecule has 574 valence electrons. The van der Waals surface area contributed by atoms with E-state index < -0.39 is 181 Å². The molecule has 1 fully saturated rings. The van der Waals surface area contributed by atoms with Crippen molar-refractivity contribution < 1.29 is 104 Å². The Morgan fingerprint density at radius 3 is 1.92 bits per heavy atom. The van der Waals surface area contributed by atoms with Crippen LogP contribution in [0.1, 0.15) is 156 Å². The second-order valence-electron chi connectivity index (χ2n) is 29.5. The third kappa shape index (κ3) is 30.4. The van der Waals surface area contributed by atoms with E-state index in [4.69, 9.17) is 18.9 Å². The lowest BCUT2D eigenvalue weighted by Crippen LogP contribution is -2.56. The molecule has 0 aliphatic carbocycles. The smallest absolute Gasteiger partial charge is 0.335 e. The van der Waals surface area contributed by atoms with Gasteiger partial charge in [-0.05, 0) is 114 Å². The monoisotopic (exact) mass is 1430 g/mol. The van der Waals surface area contributed by atoms with Gasteiger partial charge in [-0.25, -0.2) is 9.59 Å². The number of esters is 1. The third-order valence-electron chi connectivity index (χ3n) is 19.4. The van der Waals surface area contributed by atoms with Crippen LogP contribution in [0.4, 0.5) is 0 Å². The number of aliphatic hydroxyl groups excluding tert-OH is 10. The van der Waals surface area contributed by atoms with E-state index in [1.807, 2.05) is 13.0 Å². The average molecular weight is 1430 g/mol. The molecule has 24 heteroatoms. The molecular weight excluding hydrogens is 1300 g/mol. The summed E-state index contributed by atoms with van der Waals surface area (Å²) in [4.78, 5) is 80.2. The van der Waals surface area contributed by atoms with Crippen molar-refractivity contribution in [1.82, 2.24) is 16.0 Å². The van der Waals surface area contributed by atoms with Crippen LogP contribution in [-0.4, -0.2) is 216 Å². The molecular formula is C77H125N3O21. The molecule has 0 aromatic rings. The minimum atomic E-state index is -2.56. The van der Waals surface area contributed by atoms with E-state index in [0.29, 0.717) is 30.4 Å². The Morgan fingerprint density at radius 1 is 0.762 bits per heavy atom. The lowest BCUT2D eigenvalue weighted by Gasteiger charge is -2.43. The van der Waals surface area contributed by atoms with Crippen molar-refractivity contribution in [3.05, 3.63) is 108 Å². The second kappa shape index (κ2) is 44.7. The number of Topliss-reactive ketones (excluding diaryl/α,β-unsaturated/α-hetero) is 1. The van der Waals surface area contributed by atoms with Crippen molar-refractivity contribution >= 4 is 35.4 Å². The summed E-state index contributed by atoms with van der Waals surface area (Å²) in [6.45, 7) is 27.3. The molecule has 24 nitrogen and oxygen atoms in total. The first kappa shape index (κ1) is 91.2. The van der Waals surface area contributed by atoms with Crippen molar-refractivity contribution in [2.45, 2.75) is 265 Å². The van der Waals surface area contributed by atoms with Gasteiger partial charge >= 0.3 is 11.9 Å².